The summed E-state index contributed by atoms with van der Waals surface area (Å²) in [5.41, 5.74) is 6.26. The number of nitrogens with two attached hydrogens (primary N) is 1. The highest BCUT2D eigenvalue weighted by Crippen LogP contribution is 2.31. The minimum atomic E-state index is -0.112. The molecular weight excluding hydrogens is 420 g/mol. The van der Waals surface area contributed by atoms with Crippen LogP contribution >= 0.6 is 23.1 Å². The molecule has 3 rings (SSSR count). The van der Waals surface area contributed by atoms with Gasteiger partial charge in [-0.1, -0.05) is 44.2 Å². The van der Waals surface area contributed by atoms with Gasteiger partial charge in [0.15, 0.2) is 5.13 Å². The quantitative estimate of drug-likeness (QED) is 0.474. The van der Waals surface area contributed by atoms with E-state index in [9.17, 15) is 4.79 Å². The third kappa shape index (κ3) is 6.58. The maximum Gasteiger partial charge on any atom is 0.230 e. The summed E-state index contributed by atoms with van der Waals surface area (Å²) in [7, 11) is 0. The van der Waals surface area contributed by atoms with Crippen LogP contribution < -0.4 is 15.8 Å². The Kier molecular flexibility index (Phi) is 7.52. The molecule has 0 aliphatic heterocycles. The van der Waals surface area contributed by atoms with Crippen LogP contribution in [0, 0.1) is 0 Å². The lowest BCUT2D eigenvalue weighted by molar-refractivity contribution is -0.115. The number of nitrogens with zero attached hydrogens (tertiary/aromatic N) is 2. The third-order valence-electron chi connectivity index (χ3n) is 4.04. The van der Waals surface area contributed by atoms with Crippen molar-refractivity contribution in [1.29, 1.82) is 0 Å². The van der Waals surface area contributed by atoms with Gasteiger partial charge in [0.05, 0.1) is 28.8 Å². The standard InChI is InChI=1S/C21H26N4O3S2/c1-21(2,3)16-11-23-18(28-16)13-29-19-12-24-20(30-19)25-17(26)10-14-4-6-15(7-5-14)27-9-8-22/h4-7,11-12H,8-10,13,22H2,1-3H3,(H,24,25,26). The van der Waals surface area contributed by atoms with Crippen molar-refractivity contribution < 1.29 is 13.9 Å². The molecule has 3 aromatic rings. The molecule has 30 heavy (non-hydrogen) atoms. The minimum absolute atomic E-state index is 0.0599. The average Bonchev–Trinajstić information content (AvgIpc) is 3.35. The average molecular weight is 447 g/mol. The van der Waals surface area contributed by atoms with Crippen LogP contribution in [0.25, 0.3) is 0 Å². The van der Waals surface area contributed by atoms with E-state index in [2.05, 4.69) is 36.1 Å². The van der Waals surface area contributed by atoms with Crippen LogP contribution in [-0.2, 0) is 22.4 Å². The van der Waals surface area contributed by atoms with E-state index >= 15 is 0 Å². The summed E-state index contributed by atoms with van der Waals surface area (Å²) in [6.45, 7) is 7.21. The summed E-state index contributed by atoms with van der Waals surface area (Å²) in [5, 5.41) is 3.43. The Bertz CT molecular complexity index is 961. The second-order valence-electron chi connectivity index (χ2n) is 7.65. The molecule has 2 aromatic heterocycles. The van der Waals surface area contributed by atoms with Gasteiger partial charge in [-0.15, -0.1) is 11.8 Å². The molecule has 7 nitrogen and oxygen atoms in total. The molecule has 160 valence electrons. The molecule has 0 aliphatic carbocycles. The topological polar surface area (TPSA) is 103 Å². The molecule has 1 aromatic carbocycles. The second-order valence-corrected chi connectivity index (χ2v) is 9.95. The first-order chi connectivity index (χ1) is 14.3. The number of ether oxygens (including phenoxy) is 1. The van der Waals surface area contributed by atoms with Crippen LogP contribution in [0.15, 0.2) is 45.3 Å². The summed E-state index contributed by atoms with van der Waals surface area (Å²) in [4.78, 5) is 20.9. The maximum atomic E-state index is 12.3. The van der Waals surface area contributed by atoms with Gasteiger partial charge in [-0.3, -0.25) is 4.79 Å². The van der Waals surface area contributed by atoms with Gasteiger partial charge in [0.1, 0.15) is 18.1 Å². The first-order valence-electron chi connectivity index (χ1n) is 9.59. The summed E-state index contributed by atoms with van der Waals surface area (Å²) in [5.74, 6) is 2.80. The highest BCUT2D eigenvalue weighted by atomic mass is 32.2. The predicted molar refractivity (Wildman–Crippen MR) is 120 cm³/mol. The molecule has 9 heteroatoms. The smallest absolute Gasteiger partial charge is 0.230 e. The van der Waals surface area contributed by atoms with Crippen molar-refractivity contribution in [2.45, 2.75) is 42.6 Å². The Morgan fingerprint density at radius 2 is 2.00 bits per heavy atom. The predicted octanol–water partition coefficient (Wildman–Crippen LogP) is 4.24. The van der Waals surface area contributed by atoms with E-state index in [-0.39, 0.29) is 17.7 Å². The number of carbonyl (C=O) groups is 1. The zero-order valence-corrected chi connectivity index (χ0v) is 18.9. The van der Waals surface area contributed by atoms with E-state index in [1.807, 2.05) is 24.3 Å². The van der Waals surface area contributed by atoms with Crippen LogP contribution in [-0.4, -0.2) is 29.0 Å². The molecule has 0 atom stereocenters. The number of aromatic nitrogens is 2. The molecule has 0 fully saturated rings. The summed E-state index contributed by atoms with van der Waals surface area (Å²) in [6.07, 6.45) is 3.80. The molecule has 1 amide bonds. The van der Waals surface area contributed by atoms with E-state index in [0.29, 0.717) is 29.9 Å². The fourth-order valence-corrected chi connectivity index (χ4v) is 4.21. The van der Waals surface area contributed by atoms with Crippen LogP contribution in [0.5, 0.6) is 5.75 Å². The van der Waals surface area contributed by atoms with Crippen LogP contribution in [0.2, 0.25) is 0 Å². The molecule has 0 spiro atoms. The monoisotopic (exact) mass is 446 g/mol. The number of hydrogen-bond acceptors (Lipinski definition) is 8. The summed E-state index contributed by atoms with van der Waals surface area (Å²) in [6, 6.07) is 7.42. The number of nitrogens with one attached hydrogen (secondary N) is 1. The molecule has 0 bridgehead atoms. The summed E-state index contributed by atoms with van der Waals surface area (Å²) < 4.78 is 12.2. The molecular formula is C21H26N4O3S2. The normalized spacial score (nSPS) is 11.5. The van der Waals surface area contributed by atoms with Gasteiger partial charge >= 0.3 is 0 Å². The Morgan fingerprint density at radius 3 is 2.67 bits per heavy atom. The van der Waals surface area contributed by atoms with Gasteiger partial charge in [-0.05, 0) is 17.7 Å². The molecule has 0 saturated heterocycles. The number of anilines is 1. The van der Waals surface area contributed by atoms with Gasteiger partial charge in [-0.2, -0.15) is 0 Å². The van der Waals surface area contributed by atoms with Crippen molar-refractivity contribution in [2.75, 3.05) is 18.5 Å². The van der Waals surface area contributed by atoms with Gasteiger partial charge in [-0.25, -0.2) is 9.97 Å². The number of carbonyl (C=O) groups excluding carboxylic acids is 1. The van der Waals surface area contributed by atoms with Gasteiger partial charge < -0.3 is 20.2 Å². The first kappa shape index (κ1) is 22.3. The number of thiazole rings is 1. The number of oxazole rings is 1. The van der Waals surface area contributed by atoms with Crippen molar-refractivity contribution in [3.05, 3.63) is 53.9 Å². The lowest BCUT2D eigenvalue weighted by atomic mass is 9.94. The van der Waals surface area contributed by atoms with Crippen LogP contribution in [0.3, 0.4) is 0 Å². The summed E-state index contributed by atoms with van der Waals surface area (Å²) >= 11 is 3.02. The minimum Gasteiger partial charge on any atom is -0.492 e. The van der Waals surface area contributed by atoms with E-state index in [0.717, 1.165) is 21.3 Å². The van der Waals surface area contributed by atoms with Crippen molar-refractivity contribution in [2.24, 2.45) is 5.73 Å². The fourth-order valence-electron chi connectivity index (χ4n) is 2.47. The molecule has 0 aliphatic rings. The second kappa shape index (κ2) is 10.1. The Balaban J connectivity index is 1.47. The molecule has 0 radical (unpaired) electrons. The van der Waals surface area contributed by atoms with Crippen molar-refractivity contribution in [3.8, 4) is 5.75 Å². The Labute approximate surface area is 184 Å². The van der Waals surface area contributed by atoms with Gasteiger partial charge in [0.25, 0.3) is 0 Å². The zero-order chi connectivity index (χ0) is 21.6. The van der Waals surface area contributed by atoms with E-state index in [1.165, 1.54) is 11.3 Å². The highest BCUT2D eigenvalue weighted by molar-refractivity contribution is 8.00. The Morgan fingerprint density at radius 1 is 1.23 bits per heavy atom. The molecule has 0 saturated carbocycles. The molecule has 2 heterocycles. The lowest BCUT2D eigenvalue weighted by Crippen LogP contribution is -2.14. The number of amides is 1. The number of hydrogen-bond donors (Lipinski definition) is 2. The van der Waals surface area contributed by atoms with Gasteiger partial charge in [0.2, 0.25) is 11.8 Å². The van der Waals surface area contributed by atoms with Crippen molar-refractivity contribution in [1.82, 2.24) is 9.97 Å². The number of rotatable bonds is 9. The lowest BCUT2D eigenvalue weighted by Gasteiger charge is -2.12. The number of benzene rings is 1. The Hall–Kier alpha value is -2.36. The fraction of sp³-hybridized carbons (Fsp3) is 0.381. The van der Waals surface area contributed by atoms with Gasteiger partial charge in [0, 0.05) is 12.0 Å². The van der Waals surface area contributed by atoms with E-state index in [4.69, 9.17) is 14.9 Å². The van der Waals surface area contributed by atoms with Crippen LogP contribution in [0.4, 0.5) is 5.13 Å². The highest BCUT2D eigenvalue weighted by Gasteiger charge is 2.19. The van der Waals surface area contributed by atoms with Crippen molar-refractivity contribution in [3.63, 3.8) is 0 Å². The third-order valence-corrected chi connectivity index (χ3v) is 6.13. The molecule has 3 N–H and O–H groups in total. The number of thioether (sulfide) groups is 1. The zero-order valence-electron chi connectivity index (χ0n) is 17.3. The van der Waals surface area contributed by atoms with Crippen molar-refractivity contribution >= 4 is 34.1 Å². The maximum absolute atomic E-state index is 12.3. The first-order valence-corrected chi connectivity index (χ1v) is 11.4. The molecule has 0 unspecified atom stereocenters. The SMILES string of the molecule is CC(C)(C)c1cnc(CSc2cnc(NC(=O)Cc3ccc(OCCN)cc3)s2)o1. The van der Waals surface area contributed by atoms with Crippen LogP contribution in [0.1, 0.15) is 38.0 Å². The largest absolute Gasteiger partial charge is 0.492 e. The van der Waals surface area contributed by atoms with E-state index in [1.54, 1.807) is 24.2 Å². The van der Waals surface area contributed by atoms with E-state index < -0.39 is 0 Å².